The first-order valence-corrected chi connectivity index (χ1v) is 20.7. The van der Waals surface area contributed by atoms with E-state index in [0.717, 1.165) is 23.6 Å². The van der Waals surface area contributed by atoms with Crippen LogP contribution in [-0.4, -0.2) is 105 Å². The van der Waals surface area contributed by atoms with Gasteiger partial charge in [0.1, 0.15) is 36.3 Å². The second-order valence-corrected chi connectivity index (χ2v) is 16.6. The molecule has 25 nitrogen and oxygen atoms in total. The van der Waals surface area contributed by atoms with Gasteiger partial charge in [0.05, 0.1) is 27.4 Å². The zero-order chi connectivity index (χ0) is 41.2. The van der Waals surface area contributed by atoms with Gasteiger partial charge in [-0.1, -0.05) is 19.9 Å². The summed E-state index contributed by atoms with van der Waals surface area (Å²) < 4.78 is 60.4. The van der Waals surface area contributed by atoms with E-state index in [4.69, 9.17) is 16.2 Å². The van der Waals surface area contributed by atoms with Gasteiger partial charge in [0.25, 0.3) is 15.6 Å². The number of carbonyl (C=O) groups is 3. The second kappa shape index (κ2) is 19.9. The first-order valence-electron chi connectivity index (χ1n) is 16.3. The van der Waals surface area contributed by atoms with Crippen molar-refractivity contribution in [3.63, 3.8) is 0 Å². The number of nitrogen functional groups attached to an aromatic ring is 1. The van der Waals surface area contributed by atoms with Crippen molar-refractivity contribution in [1.29, 1.82) is 0 Å². The molecule has 2 amide bonds. The summed E-state index contributed by atoms with van der Waals surface area (Å²) in [4.78, 5) is 95.6. The molecule has 0 saturated carbocycles. The van der Waals surface area contributed by atoms with E-state index in [-0.39, 0.29) is 48.7 Å². The number of phosphoric acid groups is 3. The molecule has 2 aromatic heterocycles. The maximum atomic E-state index is 12.5. The zero-order valence-corrected chi connectivity index (χ0v) is 32.0. The molecule has 0 radical (unpaired) electrons. The van der Waals surface area contributed by atoms with Crippen LogP contribution < -0.4 is 41.7 Å². The van der Waals surface area contributed by atoms with Crippen LogP contribution in [0.15, 0.2) is 24.8 Å². The Morgan fingerprint density at radius 1 is 1.07 bits per heavy atom. The lowest BCUT2D eigenvalue weighted by molar-refractivity contribution is -0.347. The Bertz CT molecular complexity index is 1820. The lowest BCUT2D eigenvalue weighted by Crippen LogP contribution is -2.46. The predicted molar refractivity (Wildman–Crippen MR) is 178 cm³/mol. The molecular weight excluding hydrogens is 801 g/mol. The summed E-state index contributed by atoms with van der Waals surface area (Å²) in [5.74, 6) is -1.82. The lowest BCUT2D eigenvalue weighted by Gasteiger charge is -2.36. The van der Waals surface area contributed by atoms with Crippen LogP contribution in [0.25, 0.3) is 11.2 Å². The van der Waals surface area contributed by atoms with Crippen molar-refractivity contribution >= 4 is 58.0 Å². The van der Waals surface area contributed by atoms with E-state index in [1.165, 1.54) is 19.9 Å². The third kappa shape index (κ3) is 14.4. The Labute approximate surface area is 313 Å². The van der Waals surface area contributed by atoms with Gasteiger partial charge < -0.3 is 74.8 Å². The fraction of sp³-hybridized carbons (Fsp3) is 0.630. The highest BCUT2D eigenvalue weighted by Gasteiger charge is 2.47. The maximum Gasteiger partial charge on any atom is 0.274 e. The number of phosphoric ester groups is 3. The van der Waals surface area contributed by atoms with Crippen molar-refractivity contribution in [3.8, 4) is 0 Å². The highest BCUT2D eigenvalue weighted by molar-refractivity contribution is 7.59. The van der Waals surface area contributed by atoms with E-state index in [1.54, 1.807) is 6.08 Å². The normalized spacial score (nSPS) is 22.0. The molecule has 8 N–H and O–H groups in total. The summed E-state index contributed by atoms with van der Waals surface area (Å²) in [5, 5.41) is 26.1. The van der Waals surface area contributed by atoms with Crippen LogP contribution in [0, 0.1) is 5.41 Å². The minimum absolute atomic E-state index is 0.0240. The number of nitrogens with one attached hydrogen (secondary N) is 2. The summed E-state index contributed by atoms with van der Waals surface area (Å²) in [6, 6.07) is 0. The van der Waals surface area contributed by atoms with Crippen LogP contribution in [0.4, 0.5) is 5.82 Å². The number of rotatable bonds is 23. The van der Waals surface area contributed by atoms with Gasteiger partial charge in [-0.3, -0.25) is 28.1 Å². The van der Waals surface area contributed by atoms with Gasteiger partial charge in [-0.15, -0.1) is 0 Å². The number of carbonyl (C=O) groups excluding carboxylic acids is 3. The molecule has 1 fully saturated rings. The maximum absolute atomic E-state index is 12.5. The molecule has 1 saturated heterocycles. The number of nitrogens with zero attached hydrogens (tertiary/aromatic N) is 4. The highest BCUT2D eigenvalue weighted by atomic mass is 31.3. The first-order chi connectivity index (χ1) is 25.6. The number of allylic oxidation sites excluding steroid dienone is 2. The molecule has 310 valence electrons. The molecule has 7 atom stereocenters. The SMILES string of the molecule is CC(C)(COP(=O)([O-])OP(=O)([O-])OCC1OC(n2cnc3c(N)ncnc32)C(O)C1OP(=O)([O-])[O-])C(O)C(=O)NCCC(=O)NCCC(=O)/C=C/CCCN. The van der Waals surface area contributed by atoms with Crippen molar-refractivity contribution < 1.29 is 80.5 Å². The molecule has 3 heterocycles. The Hall–Kier alpha value is -3.09. The molecule has 1 aliphatic rings. The van der Waals surface area contributed by atoms with E-state index < -0.39 is 84.6 Å². The average molecular weight is 843 g/mol. The molecule has 7 unspecified atom stereocenters. The minimum atomic E-state index is -5.92. The largest absolute Gasteiger partial charge is 0.790 e. The molecule has 0 spiro atoms. The summed E-state index contributed by atoms with van der Waals surface area (Å²) >= 11 is 0. The number of hydrogen-bond acceptors (Lipinski definition) is 22. The van der Waals surface area contributed by atoms with Crippen molar-refractivity contribution in [2.75, 3.05) is 38.6 Å². The quantitative estimate of drug-likeness (QED) is 0.0354. The molecule has 2 aromatic rings. The van der Waals surface area contributed by atoms with Crippen LogP contribution in [0.1, 0.15) is 45.8 Å². The Morgan fingerprint density at radius 2 is 1.75 bits per heavy atom. The number of aromatic nitrogens is 4. The number of anilines is 1. The molecular formula is C27H41N8O17P3-4. The van der Waals surface area contributed by atoms with Gasteiger partial charge in [0.15, 0.2) is 23.5 Å². The molecule has 0 aliphatic carbocycles. The number of amides is 2. The van der Waals surface area contributed by atoms with E-state index >= 15 is 0 Å². The second-order valence-electron chi connectivity index (χ2n) is 12.5. The fourth-order valence-electron chi connectivity index (χ4n) is 4.78. The van der Waals surface area contributed by atoms with Gasteiger partial charge in [-0.2, -0.15) is 0 Å². The van der Waals surface area contributed by atoms with E-state index in [2.05, 4.69) is 43.5 Å². The number of imidazole rings is 1. The molecule has 28 heteroatoms. The highest BCUT2D eigenvalue weighted by Crippen LogP contribution is 2.56. The van der Waals surface area contributed by atoms with Gasteiger partial charge in [-0.05, 0) is 25.5 Å². The van der Waals surface area contributed by atoms with Crippen LogP contribution >= 0.6 is 23.5 Å². The number of ether oxygens (including phenoxy) is 1. The van der Waals surface area contributed by atoms with Crippen molar-refractivity contribution in [2.24, 2.45) is 11.1 Å². The van der Waals surface area contributed by atoms with E-state index in [0.29, 0.717) is 13.0 Å². The number of fused-ring (bicyclic) bond motifs is 1. The number of nitrogens with two attached hydrogens (primary N) is 2. The first kappa shape index (κ1) is 46.3. The van der Waals surface area contributed by atoms with Crippen LogP contribution in [0.3, 0.4) is 0 Å². The summed E-state index contributed by atoms with van der Waals surface area (Å²) in [7, 11) is -17.6. The summed E-state index contributed by atoms with van der Waals surface area (Å²) in [6.45, 7) is 0.391. The topological polar surface area (TPSA) is 401 Å². The predicted octanol–water partition coefficient (Wildman–Crippen LogP) is -3.87. The van der Waals surface area contributed by atoms with Gasteiger partial charge >= 0.3 is 0 Å². The lowest BCUT2D eigenvalue weighted by atomic mass is 9.87. The smallest absolute Gasteiger partial charge is 0.274 e. The van der Waals surface area contributed by atoms with E-state index in [1.807, 2.05) is 0 Å². The Morgan fingerprint density at radius 3 is 2.42 bits per heavy atom. The van der Waals surface area contributed by atoms with Gasteiger partial charge in [-0.25, -0.2) is 19.3 Å². The summed E-state index contributed by atoms with van der Waals surface area (Å²) in [5.41, 5.74) is 9.42. The Kier molecular flexibility index (Phi) is 16.7. The molecule has 0 bridgehead atoms. The van der Waals surface area contributed by atoms with Gasteiger partial charge in [0, 0.05) is 31.3 Å². The molecule has 3 rings (SSSR count). The minimum Gasteiger partial charge on any atom is -0.790 e. The Balaban J connectivity index is 1.50. The van der Waals surface area contributed by atoms with Gasteiger partial charge in [0.2, 0.25) is 11.8 Å². The van der Waals surface area contributed by atoms with Crippen LogP contribution in [0.2, 0.25) is 0 Å². The molecule has 0 aromatic carbocycles. The monoisotopic (exact) mass is 842 g/mol. The molecule has 1 aliphatic heterocycles. The number of aliphatic hydroxyl groups is 2. The van der Waals surface area contributed by atoms with Crippen LogP contribution in [-0.2, 0) is 50.7 Å². The molecule has 55 heavy (non-hydrogen) atoms. The summed E-state index contributed by atoms with van der Waals surface area (Å²) in [6.07, 6.45) is -3.13. The fourth-order valence-corrected chi connectivity index (χ4v) is 7.51. The van der Waals surface area contributed by atoms with E-state index in [9.17, 15) is 57.9 Å². The van der Waals surface area contributed by atoms with Crippen LogP contribution in [0.5, 0.6) is 0 Å². The zero-order valence-electron chi connectivity index (χ0n) is 29.4. The van der Waals surface area contributed by atoms with Crippen molar-refractivity contribution in [3.05, 3.63) is 24.8 Å². The van der Waals surface area contributed by atoms with Crippen molar-refractivity contribution in [1.82, 2.24) is 30.2 Å². The third-order valence-corrected chi connectivity index (χ3v) is 10.6. The number of aliphatic hydroxyl groups excluding tert-OH is 2. The standard InChI is InChI=1S/C27H45N8O17P3/c1-27(2,22(39)25(40)31-11-8-18(37)30-10-7-16(36)6-4-3-5-9-28)13-49-55(46,47)52-54(44,45)48-12-17-21(51-53(41,42)43)20(38)26(50-17)35-15-34-19-23(29)32-14-33-24(19)35/h4,6,14-15,17,20-22,26,38-39H,3,5,7-13,28H2,1-2H3,(H,30,37)(H,31,40)(H,44,45)(H,46,47)(H2,29,32,33)(H2,41,42,43)/p-4/b6-4+. The number of ketones is 1. The number of hydrogen-bond donors (Lipinski definition) is 6. The van der Waals surface area contributed by atoms with Crippen molar-refractivity contribution in [2.45, 2.75) is 70.2 Å². The number of unbranched alkanes of at least 4 members (excludes halogenated alkanes) is 1. The third-order valence-electron chi connectivity index (χ3n) is 7.63. The average Bonchev–Trinajstić information content (AvgIpc) is 3.64.